The number of benzene rings is 2. The summed E-state index contributed by atoms with van der Waals surface area (Å²) < 4.78 is 22.8. The maximum absolute atomic E-state index is 11.4. The van der Waals surface area contributed by atoms with Crippen LogP contribution in [0.4, 0.5) is 5.69 Å². The first-order valence-corrected chi connectivity index (χ1v) is 8.38. The number of rotatable bonds is 5. The van der Waals surface area contributed by atoms with Crippen molar-refractivity contribution in [3.8, 4) is 6.07 Å². The lowest BCUT2D eigenvalue weighted by molar-refractivity contribution is 0.602. The molecular formula is C16H16N2O2S. The van der Waals surface area contributed by atoms with Crippen molar-refractivity contribution < 1.29 is 8.42 Å². The Hall–Kier alpha value is -2.32. The second-order valence-corrected chi connectivity index (χ2v) is 6.79. The molecule has 0 radical (unpaired) electrons. The van der Waals surface area contributed by atoms with E-state index in [1.54, 1.807) is 24.3 Å². The molecule has 4 nitrogen and oxygen atoms in total. The lowest BCUT2D eigenvalue weighted by Crippen LogP contribution is -2.11. The smallest absolute Gasteiger partial charge is 0.175 e. The number of hydrogen-bond acceptors (Lipinski definition) is 4. The van der Waals surface area contributed by atoms with Gasteiger partial charge in [-0.2, -0.15) is 5.26 Å². The van der Waals surface area contributed by atoms with Gasteiger partial charge in [0.05, 0.1) is 16.9 Å². The lowest BCUT2D eigenvalue weighted by Gasteiger charge is -2.12. The zero-order valence-electron chi connectivity index (χ0n) is 11.7. The minimum atomic E-state index is -3.18. The molecule has 0 saturated heterocycles. The quantitative estimate of drug-likeness (QED) is 0.921. The molecule has 1 unspecified atom stereocenters. The van der Waals surface area contributed by atoms with Gasteiger partial charge in [-0.05, 0) is 29.8 Å². The van der Waals surface area contributed by atoms with Crippen LogP contribution in [0.2, 0.25) is 0 Å². The SMILES string of the molecule is CS(=O)(=O)c1ccc(NCC(C#N)c2ccccc2)cc1. The van der Waals surface area contributed by atoms with Crippen LogP contribution < -0.4 is 5.32 Å². The Kier molecular flexibility index (Phi) is 4.61. The Labute approximate surface area is 125 Å². The van der Waals surface area contributed by atoms with E-state index in [0.29, 0.717) is 6.54 Å². The molecule has 0 amide bonds. The summed E-state index contributed by atoms with van der Waals surface area (Å²) in [6, 6.07) is 18.3. The molecule has 0 aliphatic heterocycles. The molecule has 1 N–H and O–H groups in total. The molecule has 0 spiro atoms. The minimum absolute atomic E-state index is 0.249. The molecule has 2 rings (SSSR count). The second-order valence-electron chi connectivity index (χ2n) is 4.77. The number of nitrogens with one attached hydrogen (secondary N) is 1. The number of anilines is 1. The molecule has 2 aromatic rings. The molecule has 108 valence electrons. The number of nitriles is 1. The molecule has 0 saturated carbocycles. The van der Waals surface area contributed by atoms with Gasteiger partial charge in [0.25, 0.3) is 0 Å². The minimum Gasteiger partial charge on any atom is -0.383 e. The van der Waals surface area contributed by atoms with Gasteiger partial charge < -0.3 is 5.32 Å². The monoisotopic (exact) mass is 300 g/mol. The van der Waals surface area contributed by atoms with Crippen molar-refractivity contribution in [1.29, 1.82) is 5.26 Å². The van der Waals surface area contributed by atoms with E-state index in [1.165, 1.54) is 6.26 Å². The van der Waals surface area contributed by atoms with Crippen LogP contribution >= 0.6 is 0 Å². The fourth-order valence-corrected chi connectivity index (χ4v) is 2.59. The third-order valence-electron chi connectivity index (χ3n) is 3.15. The summed E-state index contributed by atoms with van der Waals surface area (Å²) in [5, 5.41) is 12.4. The van der Waals surface area contributed by atoms with E-state index in [-0.39, 0.29) is 10.8 Å². The van der Waals surface area contributed by atoms with Gasteiger partial charge in [-0.25, -0.2) is 8.42 Å². The van der Waals surface area contributed by atoms with Gasteiger partial charge in [0.1, 0.15) is 0 Å². The molecule has 21 heavy (non-hydrogen) atoms. The maximum atomic E-state index is 11.4. The highest BCUT2D eigenvalue weighted by atomic mass is 32.2. The van der Waals surface area contributed by atoms with Crippen molar-refractivity contribution in [3.05, 3.63) is 60.2 Å². The topological polar surface area (TPSA) is 70.0 Å². The van der Waals surface area contributed by atoms with Crippen LogP contribution in [0.1, 0.15) is 11.5 Å². The zero-order chi connectivity index (χ0) is 15.3. The van der Waals surface area contributed by atoms with Gasteiger partial charge in [0, 0.05) is 18.5 Å². The summed E-state index contributed by atoms with van der Waals surface area (Å²) in [6.07, 6.45) is 1.18. The Morgan fingerprint density at radius 2 is 1.71 bits per heavy atom. The van der Waals surface area contributed by atoms with E-state index in [9.17, 15) is 13.7 Å². The van der Waals surface area contributed by atoms with Crippen molar-refractivity contribution in [2.45, 2.75) is 10.8 Å². The van der Waals surface area contributed by atoms with Gasteiger partial charge in [-0.3, -0.25) is 0 Å². The van der Waals surface area contributed by atoms with Gasteiger partial charge in [0.15, 0.2) is 9.84 Å². The first-order chi connectivity index (χ1) is 10.0. The molecule has 0 heterocycles. The number of nitrogens with zero attached hydrogens (tertiary/aromatic N) is 1. The Balaban J connectivity index is 2.04. The summed E-state index contributed by atoms with van der Waals surface area (Å²) in [4.78, 5) is 0.285. The average molecular weight is 300 g/mol. The molecule has 5 heteroatoms. The van der Waals surface area contributed by atoms with E-state index < -0.39 is 9.84 Å². The van der Waals surface area contributed by atoms with Crippen molar-refractivity contribution in [1.82, 2.24) is 0 Å². The third kappa shape index (κ3) is 4.07. The van der Waals surface area contributed by atoms with E-state index in [4.69, 9.17) is 0 Å². The normalized spacial score (nSPS) is 12.4. The lowest BCUT2D eigenvalue weighted by atomic mass is 10.0. The summed E-state index contributed by atoms with van der Waals surface area (Å²) in [6.45, 7) is 0.471. The highest BCUT2D eigenvalue weighted by molar-refractivity contribution is 7.90. The fourth-order valence-electron chi connectivity index (χ4n) is 1.96. The molecule has 0 aliphatic rings. The maximum Gasteiger partial charge on any atom is 0.175 e. The van der Waals surface area contributed by atoms with Crippen LogP contribution in [0.5, 0.6) is 0 Å². The average Bonchev–Trinajstić information content (AvgIpc) is 2.48. The van der Waals surface area contributed by atoms with Gasteiger partial charge in [0.2, 0.25) is 0 Å². The summed E-state index contributed by atoms with van der Waals surface area (Å²) in [5.41, 5.74) is 1.75. The van der Waals surface area contributed by atoms with Crippen molar-refractivity contribution in [2.24, 2.45) is 0 Å². The number of sulfone groups is 1. The Morgan fingerprint density at radius 3 is 2.24 bits per heavy atom. The highest BCUT2D eigenvalue weighted by Crippen LogP contribution is 2.18. The zero-order valence-corrected chi connectivity index (χ0v) is 12.5. The van der Waals surface area contributed by atoms with Crippen LogP contribution in [0.15, 0.2) is 59.5 Å². The largest absolute Gasteiger partial charge is 0.383 e. The predicted molar refractivity (Wildman–Crippen MR) is 82.8 cm³/mol. The molecule has 0 fully saturated rings. The van der Waals surface area contributed by atoms with Gasteiger partial charge in [-0.15, -0.1) is 0 Å². The van der Waals surface area contributed by atoms with Crippen molar-refractivity contribution in [3.63, 3.8) is 0 Å². The van der Waals surface area contributed by atoms with E-state index in [2.05, 4.69) is 11.4 Å². The van der Waals surface area contributed by atoms with Crippen LogP contribution in [-0.2, 0) is 9.84 Å². The van der Waals surface area contributed by atoms with Crippen molar-refractivity contribution in [2.75, 3.05) is 18.1 Å². The third-order valence-corrected chi connectivity index (χ3v) is 4.28. The van der Waals surface area contributed by atoms with Crippen LogP contribution in [0.25, 0.3) is 0 Å². The molecule has 1 atom stereocenters. The predicted octanol–water partition coefficient (Wildman–Crippen LogP) is 2.81. The summed E-state index contributed by atoms with van der Waals surface area (Å²) >= 11 is 0. The molecule has 0 bridgehead atoms. The summed E-state index contributed by atoms with van der Waals surface area (Å²) in [5.74, 6) is -0.249. The summed E-state index contributed by atoms with van der Waals surface area (Å²) in [7, 11) is -3.18. The fraction of sp³-hybridized carbons (Fsp3) is 0.188. The molecule has 0 aliphatic carbocycles. The highest BCUT2D eigenvalue weighted by Gasteiger charge is 2.10. The van der Waals surface area contributed by atoms with E-state index in [0.717, 1.165) is 11.3 Å². The van der Waals surface area contributed by atoms with E-state index in [1.807, 2.05) is 30.3 Å². The Bertz CT molecular complexity index is 732. The van der Waals surface area contributed by atoms with Crippen LogP contribution in [-0.4, -0.2) is 21.2 Å². The Morgan fingerprint density at radius 1 is 1.10 bits per heavy atom. The van der Waals surface area contributed by atoms with Gasteiger partial charge in [-0.1, -0.05) is 30.3 Å². The van der Waals surface area contributed by atoms with Crippen molar-refractivity contribution >= 4 is 15.5 Å². The molecule has 2 aromatic carbocycles. The number of hydrogen-bond donors (Lipinski definition) is 1. The standard InChI is InChI=1S/C16H16N2O2S/c1-21(19,20)16-9-7-15(8-10-16)18-12-14(11-17)13-5-3-2-4-6-13/h2-10,14,18H,12H2,1H3. The van der Waals surface area contributed by atoms with Crippen LogP contribution in [0, 0.1) is 11.3 Å². The van der Waals surface area contributed by atoms with Crippen LogP contribution in [0.3, 0.4) is 0 Å². The first-order valence-electron chi connectivity index (χ1n) is 6.49. The van der Waals surface area contributed by atoms with Gasteiger partial charge >= 0.3 is 0 Å². The molecular weight excluding hydrogens is 284 g/mol. The molecule has 0 aromatic heterocycles. The second kappa shape index (κ2) is 6.42. The first kappa shape index (κ1) is 15.1. The van der Waals surface area contributed by atoms with E-state index >= 15 is 0 Å².